The molecule has 2 saturated heterocycles. The maximum absolute atomic E-state index is 12.7. The maximum Gasteiger partial charge on any atom is 0.254 e. The number of anilines is 1. The number of hydrogen-bond donors (Lipinski definition) is 0. The van der Waals surface area contributed by atoms with Crippen LogP contribution in [0.1, 0.15) is 30.6 Å². The molecule has 0 radical (unpaired) electrons. The quantitative estimate of drug-likeness (QED) is 0.819. The van der Waals surface area contributed by atoms with Crippen molar-refractivity contribution in [3.05, 3.63) is 29.8 Å². The Morgan fingerprint density at radius 3 is 2.52 bits per heavy atom. The largest absolute Gasteiger partial charge is 0.372 e. The van der Waals surface area contributed by atoms with Crippen molar-refractivity contribution < 1.29 is 17.9 Å². The summed E-state index contributed by atoms with van der Waals surface area (Å²) in [6, 6.07) is 6.89. The van der Waals surface area contributed by atoms with Crippen molar-refractivity contribution in [2.45, 2.75) is 32.5 Å². The summed E-state index contributed by atoms with van der Waals surface area (Å²) >= 11 is 0. The number of morpholine rings is 1. The van der Waals surface area contributed by atoms with Crippen LogP contribution in [0.15, 0.2) is 24.3 Å². The van der Waals surface area contributed by atoms with E-state index in [4.69, 9.17) is 4.74 Å². The Bertz CT molecular complexity index is 694. The van der Waals surface area contributed by atoms with Gasteiger partial charge < -0.3 is 9.64 Å². The zero-order valence-electron chi connectivity index (χ0n) is 13.4. The predicted molar refractivity (Wildman–Crippen MR) is 88.1 cm³/mol. The molecular formula is C16H22N2O4S. The first-order valence-electron chi connectivity index (χ1n) is 7.92. The second-order valence-corrected chi connectivity index (χ2v) is 8.27. The molecule has 0 aliphatic carbocycles. The number of nitrogens with zero attached hydrogens (tertiary/aromatic N) is 2. The average molecular weight is 338 g/mol. The fourth-order valence-electron chi connectivity index (χ4n) is 3.25. The second-order valence-electron chi connectivity index (χ2n) is 6.26. The molecule has 1 amide bonds. The van der Waals surface area contributed by atoms with Crippen molar-refractivity contribution in [3.63, 3.8) is 0 Å². The molecule has 0 N–H and O–H groups in total. The minimum absolute atomic E-state index is 0.00448. The summed E-state index contributed by atoms with van der Waals surface area (Å²) in [6.45, 7) is 5.47. The second kappa shape index (κ2) is 6.13. The van der Waals surface area contributed by atoms with Gasteiger partial charge >= 0.3 is 0 Å². The third kappa shape index (κ3) is 3.35. The number of sulfonamides is 1. The molecule has 2 aliphatic rings. The Hall–Kier alpha value is -1.60. The standard InChI is InChI=1S/C16H22N2O4S/c1-12-10-17(11-13(2)22-12)16(19)14-5-3-6-15(9-14)18-7-4-8-23(18,20)21/h3,5-6,9,12-13H,4,7-8,10-11H2,1-2H3. The van der Waals surface area contributed by atoms with Crippen LogP contribution in [-0.4, -0.2) is 56.8 Å². The van der Waals surface area contributed by atoms with Crippen LogP contribution in [0, 0.1) is 0 Å². The number of amides is 1. The smallest absolute Gasteiger partial charge is 0.254 e. The average Bonchev–Trinajstić information content (AvgIpc) is 2.85. The number of benzene rings is 1. The van der Waals surface area contributed by atoms with Crippen molar-refractivity contribution in [1.82, 2.24) is 4.90 Å². The lowest BCUT2D eigenvalue weighted by atomic mass is 10.1. The van der Waals surface area contributed by atoms with Gasteiger partial charge in [-0.15, -0.1) is 0 Å². The van der Waals surface area contributed by atoms with Gasteiger partial charge in [0.15, 0.2) is 0 Å². The minimum Gasteiger partial charge on any atom is -0.372 e. The first kappa shape index (κ1) is 16.3. The van der Waals surface area contributed by atoms with Gasteiger partial charge in [0.05, 0.1) is 23.6 Å². The van der Waals surface area contributed by atoms with Gasteiger partial charge in [-0.25, -0.2) is 8.42 Å². The van der Waals surface area contributed by atoms with Crippen LogP contribution < -0.4 is 4.31 Å². The van der Waals surface area contributed by atoms with Crippen LogP contribution in [0.5, 0.6) is 0 Å². The molecule has 0 saturated carbocycles. The summed E-state index contributed by atoms with van der Waals surface area (Å²) in [5.74, 6) is 0.0920. The fraction of sp³-hybridized carbons (Fsp3) is 0.562. The molecule has 6 nitrogen and oxygen atoms in total. The Morgan fingerprint density at radius 1 is 1.22 bits per heavy atom. The molecule has 1 aromatic carbocycles. The molecule has 2 fully saturated rings. The van der Waals surface area contributed by atoms with Crippen LogP contribution in [0.25, 0.3) is 0 Å². The number of ether oxygens (including phenoxy) is 1. The molecule has 126 valence electrons. The Labute approximate surface area is 137 Å². The Morgan fingerprint density at radius 2 is 1.91 bits per heavy atom. The third-order valence-electron chi connectivity index (χ3n) is 4.19. The molecule has 2 atom stereocenters. The normalized spacial score (nSPS) is 27.2. The van der Waals surface area contributed by atoms with Crippen molar-refractivity contribution in [2.75, 3.05) is 29.7 Å². The Kier molecular flexibility index (Phi) is 4.33. The molecule has 1 aromatic rings. The molecule has 2 heterocycles. The molecule has 3 rings (SSSR count). The summed E-state index contributed by atoms with van der Waals surface area (Å²) in [6.07, 6.45) is 0.633. The third-order valence-corrected chi connectivity index (χ3v) is 6.06. The summed E-state index contributed by atoms with van der Waals surface area (Å²) in [5.41, 5.74) is 1.09. The highest BCUT2D eigenvalue weighted by Crippen LogP contribution is 2.25. The highest BCUT2D eigenvalue weighted by molar-refractivity contribution is 7.93. The van der Waals surface area contributed by atoms with Gasteiger partial charge in [-0.1, -0.05) is 6.07 Å². The van der Waals surface area contributed by atoms with Crippen molar-refractivity contribution in [3.8, 4) is 0 Å². The highest BCUT2D eigenvalue weighted by Gasteiger charge is 2.30. The van der Waals surface area contributed by atoms with Crippen LogP contribution in [-0.2, 0) is 14.8 Å². The maximum atomic E-state index is 12.7. The fourth-order valence-corrected chi connectivity index (χ4v) is 4.81. The van der Waals surface area contributed by atoms with Crippen LogP contribution in [0.2, 0.25) is 0 Å². The molecule has 0 bridgehead atoms. The number of carbonyl (C=O) groups excluding carboxylic acids is 1. The minimum atomic E-state index is -3.24. The summed E-state index contributed by atoms with van der Waals surface area (Å²) in [7, 11) is -3.24. The van der Waals surface area contributed by atoms with Gasteiger partial charge in [0.2, 0.25) is 10.0 Å². The molecule has 23 heavy (non-hydrogen) atoms. The molecular weight excluding hydrogens is 316 g/mol. The molecule has 0 spiro atoms. The lowest BCUT2D eigenvalue weighted by molar-refractivity contribution is -0.0586. The summed E-state index contributed by atoms with van der Waals surface area (Å²) in [5, 5.41) is 0. The SMILES string of the molecule is CC1CN(C(=O)c2cccc(N3CCCS3(=O)=O)c2)CC(C)O1. The van der Waals surface area contributed by atoms with E-state index in [0.29, 0.717) is 37.3 Å². The summed E-state index contributed by atoms with van der Waals surface area (Å²) < 4.78 is 31.1. The van der Waals surface area contributed by atoms with Crippen molar-refractivity contribution in [2.24, 2.45) is 0 Å². The van der Waals surface area contributed by atoms with E-state index in [1.165, 1.54) is 4.31 Å². The zero-order valence-corrected chi connectivity index (χ0v) is 14.3. The zero-order chi connectivity index (χ0) is 16.6. The van der Waals surface area contributed by atoms with Crippen LogP contribution in [0.3, 0.4) is 0 Å². The Balaban J connectivity index is 1.83. The van der Waals surface area contributed by atoms with Gasteiger partial charge in [-0.05, 0) is 38.5 Å². The first-order chi connectivity index (χ1) is 10.9. The van der Waals surface area contributed by atoms with E-state index in [-0.39, 0.29) is 23.9 Å². The van der Waals surface area contributed by atoms with E-state index in [0.717, 1.165) is 0 Å². The monoisotopic (exact) mass is 338 g/mol. The van der Waals surface area contributed by atoms with Gasteiger partial charge in [0, 0.05) is 25.2 Å². The van der Waals surface area contributed by atoms with E-state index >= 15 is 0 Å². The number of carbonyl (C=O) groups is 1. The van der Waals surface area contributed by atoms with Crippen molar-refractivity contribution in [1.29, 1.82) is 0 Å². The van der Waals surface area contributed by atoms with E-state index in [9.17, 15) is 13.2 Å². The van der Waals surface area contributed by atoms with E-state index < -0.39 is 10.0 Å². The van der Waals surface area contributed by atoms with Gasteiger partial charge in [0.1, 0.15) is 0 Å². The molecule has 2 unspecified atom stereocenters. The lowest BCUT2D eigenvalue weighted by Gasteiger charge is -2.35. The number of hydrogen-bond acceptors (Lipinski definition) is 4. The molecule has 7 heteroatoms. The predicted octanol–water partition coefficient (Wildman–Crippen LogP) is 1.48. The van der Waals surface area contributed by atoms with Gasteiger partial charge in [-0.2, -0.15) is 0 Å². The van der Waals surface area contributed by atoms with E-state index in [1.807, 2.05) is 13.8 Å². The van der Waals surface area contributed by atoms with E-state index in [2.05, 4.69) is 0 Å². The van der Waals surface area contributed by atoms with E-state index in [1.54, 1.807) is 29.2 Å². The van der Waals surface area contributed by atoms with Crippen molar-refractivity contribution >= 4 is 21.6 Å². The lowest BCUT2D eigenvalue weighted by Crippen LogP contribution is -2.48. The van der Waals surface area contributed by atoms with Crippen LogP contribution in [0.4, 0.5) is 5.69 Å². The van der Waals surface area contributed by atoms with Gasteiger partial charge in [0.25, 0.3) is 5.91 Å². The highest BCUT2D eigenvalue weighted by atomic mass is 32.2. The van der Waals surface area contributed by atoms with Crippen LogP contribution >= 0.6 is 0 Å². The van der Waals surface area contributed by atoms with Gasteiger partial charge in [-0.3, -0.25) is 9.10 Å². The summed E-state index contributed by atoms with van der Waals surface area (Å²) in [4.78, 5) is 14.5. The topological polar surface area (TPSA) is 66.9 Å². The molecule has 2 aliphatic heterocycles. The number of rotatable bonds is 2. The molecule has 0 aromatic heterocycles. The first-order valence-corrected chi connectivity index (χ1v) is 9.53.